The van der Waals surface area contributed by atoms with Crippen LogP contribution in [0.15, 0.2) is 0 Å². The van der Waals surface area contributed by atoms with E-state index in [9.17, 15) is 4.10 Å². The summed E-state index contributed by atoms with van der Waals surface area (Å²) in [6.07, 6.45) is 0. The molecule has 0 bridgehead atoms. The second-order valence-corrected chi connectivity index (χ2v) is 2.41. The van der Waals surface area contributed by atoms with Crippen molar-refractivity contribution in [2.75, 3.05) is 0 Å². The molecular weight excluding hydrogens is 119 g/mol. The molecule has 0 aliphatic rings. The first-order valence-electron chi connectivity index (χ1n) is 0.830. The fourth-order valence-electron chi connectivity index (χ4n) is 0. The molecule has 0 aliphatic carbocycles. The normalized spacial score (nSPS) is 15.8. The average molecular weight is 123 g/mol. The third kappa shape index (κ3) is 23.7. The maximum absolute atomic E-state index is 9.23. The Balaban J connectivity index is 2.32. The monoisotopic (exact) mass is 123 g/mol. The summed E-state index contributed by atoms with van der Waals surface area (Å²) >= 11 is -2.44. The summed E-state index contributed by atoms with van der Waals surface area (Å²) in [6, 6.07) is 0. The molecule has 0 heterocycles. The first-order chi connectivity index (χ1) is 1.73. The van der Waals surface area contributed by atoms with Gasteiger partial charge in [0.2, 0.25) is 0 Å². The van der Waals surface area contributed by atoms with Crippen LogP contribution in [0.5, 0.6) is 0 Å². The molecule has 2 nitrogen and oxygen atoms in total. The van der Waals surface area contributed by atoms with Crippen LogP contribution >= 0.6 is 0 Å². The Kier molecular flexibility index (Phi) is 1.98. The molecule has 0 aliphatic heterocycles. The van der Waals surface area contributed by atoms with Gasteiger partial charge in [-0.1, -0.05) is 0 Å². The zero-order chi connectivity index (χ0) is 3.58. The quantitative estimate of drug-likeness (QED) is 0.396. The van der Waals surface area contributed by atoms with E-state index in [1.54, 1.807) is 0 Å². The van der Waals surface area contributed by atoms with Gasteiger partial charge in [-0.05, 0) is 0 Å². The van der Waals surface area contributed by atoms with Gasteiger partial charge in [0.15, 0.2) is 0 Å². The van der Waals surface area contributed by atoms with Crippen LogP contribution in [0.2, 0.25) is 5.71 Å². The summed E-state index contributed by atoms with van der Waals surface area (Å²) in [4.78, 5) is 0. The van der Waals surface area contributed by atoms with Gasteiger partial charge in [0, 0.05) is 0 Å². The number of hydrogen-bond acceptors (Lipinski definition) is 2. The molecule has 26 valence electrons. The van der Waals surface area contributed by atoms with E-state index in [2.05, 4.69) is 0 Å². The predicted octanol–water partition coefficient (Wildman–Crippen LogP) is -1.54. The fourth-order valence-corrected chi connectivity index (χ4v) is 0. The van der Waals surface area contributed by atoms with Crippen molar-refractivity contribution < 1.29 is 8.19 Å². The molecule has 1 N–H and O–H groups in total. The van der Waals surface area contributed by atoms with E-state index in [1.165, 1.54) is 5.71 Å². The van der Waals surface area contributed by atoms with Gasteiger partial charge in [-0.15, -0.1) is 0 Å². The summed E-state index contributed by atoms with van der Waals surface area (Å²) in [7, 11) is 0. The van der Waals surface area contributed by atoms with Crippen LogP contribution in [0, 0.1) is 0 Å². The van der Waals surface area contributed by atoms with E-state index in [4.69, 9.17) is 4.10 Å². The minimum atomic E-state index is -2.44. The molecule has 4 heavy (non-hydrogen) atoms. The number of rotatable bonds is 0. The van der Waals surface area contributed by atoms with Crippen LogP contribution < -0.4 is 4.10 Å². The van der Waals surface area contributed by atoms with Crippen LogP contribution in [0.25, 0.3) is 0 Å². The summed E-state index contributed by atoms with van der Waals surface area (Å²) in [5, 5.41) is 0. The molecule has 0 rings (SSSR count). The molecule has 0 aromatic rings. The zero-order valence-corrected chi connectivity index (χ0v) is 4.18. The Morgan fingerprint density at radius 2 is 2.00 bits per heavy atom. The molecule has 0 aromatic carbocycles. The average Bonchev–Trinajstić information content (AvgIpc) is 0.811. The zero-order valence-electron chi connectivity index (χ0n) is 2.30. The van der Waals surface area contributed by atoms with Crippen molar-refractivity contribution in [2.24, 2.45) is 0 Å². The van der Waals surface area contributed by atoms with Crippen molar-refractivity contribution in [1.82, 2.24) is 0 Å². The van der Waals surface area contributed by atoms with Gasteiger partial charge in [-0.2, -0.15) is 0 Å². The van der Waals surface area contributed by atoms with Crippen molar-refractivity contribution >= 4 is 15.3 Å². The van der Waals surface area contributed by atoms with Crippen LogP contribution in [-0.2, 0) is 0 Å². The molecule has 1 unspecified atom stereocenters. The van der Waals surface area contributed by atoms with Gasteiger partial charge >= 0.3 is 29.2 Å². The molecule has 0 saturated carbocycles. The second kappa shape index (κ2) is 1.77. The summed E-state index contributed by atoms with van der Waals surface area (Å²) in [5.74, 6) is 0. The molecule has 0 radical (unpaired) electrons. The van der Waals surface area contributed by atoms with Crippen molar-refractivity contribution in [3.8, 4) is 0 Å². The molecule has 0 fully saturated rings. The summed E-state index contributed by atoms with van der Waals surface area (Å²) in [6.45, 7) is 0. The SMILES string of the molecule is C[As]([O-])O. The van der Waals surface area contributed by atoms with E-state index in [1.807, 2.05) is 0 Å². The maximum atomic E-state index is 9.23. The third-order valence-corrected chi connectivity index (χ3v) is 0. The van der Waals surface area contributed by atoms with Gasteiger partial charge < -0.3 is 0 Å². The van der Waals surface area contributed by atoms with E-state index < -0.39 is 15.3 Å². The molecule has 1 atom stereocenters. The summed E-state index contributed by atoms with van der Waals surface area (Å²) in [5.41, 5.74) is 1.31. The Morgan fingerprint density at radius 1 is 2.00 bits per heavy atom. The van der Waals surface area contributed by atoms with Crippen LogP contribution in [0.1, 0.15) is 0 Å². The minimum absolute atomic E-state index is 1.31. The first kappa shape index (κ1) is 4.48. The standard InChI is InChI=1S/CH4AsO2/c1-2(3)4/h3H,1H3/q-1. The predicted molar refractivity (Wildman–Crippen MR) is 13.8 cm³/mol. The second-order valence-electron chi connectivity index (χ2n) is 0.464. The van der Waals surface area contributed by atoms with Crippen molar-refractivity contribution in [3.63, 3.8) is 0 Å². The first-order valence-corrected chi connectivity index (χ1v) is 4.31. The molecule has 0 amide bonds. The van der Waals surface area contributed by atoms with Crippen LogP contribution in [-0.4, -0.2) is 19.4 Å². The van der Waals surface area contributed by atoms with Gasteiger partial charge in [0.25, 0.3) is 0 Å². The van der Waals surface area contributed by atoms with E-state index in [0.717, 1.165) is 0 Å². The summed E-state index contributed by atoms with van der Waals surface area (Å²) < 4.78 is 16.9. The molecule has 0 spiro atoms. The van der Waals surface area contributed by atoms with Crippen molar-refractivity contribution in [1.29, 1.82) is 0 Å². The Bertz CT molecular complexity index is 10.8. The molecule has 0 aromatic heterocycles. The topological polar surface area (TPSA) is 43.3 Å². The van der Waals surface area contributed by atoms with Crippen LogP contribution in [0.3, 0.4) is 0 Å². The van der Waals surface area contributed by atoms with Gasteiger partial charge in [-0.25, -0.2) is 0 Å². The Hall–Kier alpha value is 0.478. The van der Waals surface area contributed by atoms with Crippen LogP contribution in [0.4, 0.5) is 0 Å². The van der Waals surface area contributed by atoms with Gasteiger partial charge in [0.1, 0.15) is 0 Å². The fraction of sp³-hybridized carbons (Fsp3) is 1.00. The Morgan fingerprint density at radius 3 is 2.00 bits per heavy atom. The Labute approximate surface area is 30.0 Å². The molecular formula is CH4AsO2-. The van der Waals surface area contributed by atoms with Crippen molar-refractivity contribution in [2.45, 2.75) is 5.71 Å². The van der Waals surface area contributed by atoms with Gasteiger partial charge in [0.05, 0.1) is 0 Å². The number of hydrogen-bond donors (Lipinski definition) is 1. The van der Waals surface area contributed by atoms with E-state index >= 15 is 0 Å². The van der Waals surface area contributed by atoms with Gasteiger partial charge in [-0.3, -0.25) is 0 Å². The van der Waals surface area contributed by atoms with E-state index in [0.29, 0.717) is 0 Å². The van der Waals surface area contributed by atoms with Crippen molar-refractivity contribution in [3.05, 3.63) is 0 Å². The molecule has 3 heteroatoms. The third-order valence-electron chi connectivity index (χ3n) is 0. The van der Waals surface area contributed by atoms with E-state index in [-0.39, 0.29) is 0 Å². The molecule has 0 saturated heterocycles.